The van der Waals surface area contributed by atoms with Gasteiger partial charge in [0, 0.05) is 23.0 Å². The number of nitrogens with zero attached hydrogens (tertiary/aromatic N) is 3. The minimum atomic E-state index is -0.297. The monoisotopic (exact) mass is 413 g/mol. The van der Waals surface area contributed by atoms with Gasteiger partial charge in [0.1, 0.15) is 0 Å². The number of hydrogen-bond donors (Lipinski definition) is 2. The molecule has 3 aromatic rings. The van der Waals surface area contributed by atoms with Gasteiger partial charge in [-0.15, -0.1) is 0 Å². The van der Waals surface area contributed by atoms with E-state index in [1.807, 2.05) is 41.0 Å². The summed E-state index contributed by atoms with van der Waals surface area (Å²) >= 11 is 3.47. The summed E-state index contributed by atoms with van der Waals surface area (Å²) < 4.78 is 14.7. The summed E-state index contributed by atoms with van der Waals surface area (Å²) in [5, 5.41) is 3.05. The fourth-order valence-corrected chi connectivity index (χ4v) is 3.55. The second-order valence-corrected chi connectivity index (χ2v) is 7.12. The molecule has 0 fully saturated rings. The maximum absolute atomic E-state index is 6.00. The fourth-order valence-electron chi connectivity index (χ4n) is 3.28. The molecular formula is C18H16BrN5O2. The maximum atomic E-state index is 6.00. The smallest absolute Gasteiger partial charge is 0.212 e. The van der Waals surface area contributed by atoms with Crippen LogP contribution >= 0.6 is 15.9 Å². The summed E-state index contributed by atoms with van der Waals surface area (Å²) in [6.45, 7) is 1.28. The standard InChI is InChI=1S/C18H16BrN5O2/c19-11-4-2-10(3-5-11)16-22-17(20)23-18-21-12-8-14-15(9-13(12)24(16)18)26-7-1-6-25-14/h2-5,8-9,16H,1,6-7H2,(H3,20,21,22,23)/t16-/m1/s1. The molecule has 0 amide bonds. The Bertz CT molecular complexity index is 1030. The Morgan fingerprint density at radius 1 is 1.12 bits per heavy atom. The number of halogens is 1. The molecule has 2 aromatic carbocycles. The number of ether oxygens (including phenoxy) is 2. The third-order valence-electron chi connectivity index (χ3n) is 4.47. The molecule has 3 heterocycles. The largest absolute Gasteiger partial charge is 0.489 e. The van der Waals surface area contributed by atoms with Crippen molar-refractivity contribution < 1.29 is 9.47 Å². The van der Waals surface area contributed by atoms with Crippen molar-refractivity contribution in [1.82, 2.24) is 9.55 Å². The molecule has 0 bridgehead atoms. The number of rotatable bonds is 1. The molecule has 2 aliphatic heterocycles. The highest BCUT2D eigenvalue weighted by Gasteiger charge is 2.26. The van der Waals surface area contributed by atoms with Crippen molar-refractivity contribution in [1.29, 1.82) is 0 Å². The van der Waals surface area contributed by atoms with E-state index >= 15 is 0 Å². The second kappa shape index (κ2) is 5.91. The molecule has 3 N–H and O–H groups in total. The van der Waals surface area contributed by atoms with Gasteiger partial charge >= 0.3 is 0 Å². The van der Waals surface area contributed by atoms with E-state index in [9.17, 15) is 0 Å². The lowest BCUT2D eigenvalue weighted by molar-refractivity contribution is 0.297. The number of anilines is 1. The van der Waals surface area contributed by atoms with Gasteiger partial charge in [0.25, 0.3) is 0 Å². The number of guanidine groups is 1. The van der Waals surface area contributed by atoms with Crippen molar-refractivity contribution in [2.24, 2.45) is 10.7 Å². The molecule has 132 valence electrons. The number of imidazole rings is 1. The van der Waals surface area contributed by atoms with E-state index in [1.54, 1.807) is 0 Å². The molecular weight excluding hydrogens is 398 g/mol. The van der Waals surface area contributed by atoms with Crippen LogP contribution in [0.25, 0.3) is 11.0 Å². The molecule has 0 spiro atoms. The topological polar surface area (TPSA) is 86.7 Å². The summed E-state index contributed by atoms with van der Waals surface area (Å²) in [5.41, 5.74) is 8.74. The van der Waals surface area contributed by atoms with E-state index in [0.29, 0.717) is 25.1 Å². The van der Waals surface area contributed by atoms with Gasteiger partial charge < -0.3 is 15.2 Å². The van der Waals surface area contributed by atoms with E-state index in [1.165, 1.54) is 0 Å². The zero-order chi connectivity index (χ0) is 17.7. The fraction of sp³-hybridized carbons (Fsp3) is 0.222. The van der Waals surface area contributed by atoms with Crippen LogP contribution in [0.1, 0.15) is 18.2 Å². The first kappa shape index (κ1) is 15.5. The third kappa shape index (κ3) is 2.48. The predicted molar refractivity (Wildman–Crippen MR) is 103 cm³/mol. The first-order chi connectivity index (χ1) is 12.7. The van der Waals surface area contributed by atoms with Gasteiger partial charge in [-0.05, 0) is 17.7 Å². The van der Waals surface area contributed by atoms with E-state index < -0.39 is 0 Å². The summed E-state index contributed by atoms with van der Waals surface area (Å²) in [6.07, 6.45) is 0.565. The van der Waals surface area contributed by atoms with Crippen LogP contribution in [-0.2, 0) is 0 Å². The quantitative estimate of drug-likeness (QED) is 0.639. The summed E-state index contributed by atoms with van der Waals surface area (Å²) in [5.74, 6) is 2.45. The van der Waals surface area contributed by atoms with Gasteiger partial charge in [0.15, 0.2) is 23.6 Å². The van der Waals surface area contributed by atoms with Gasteiger partial charge in [-0.3, -0.25) is 9.88 Å². The van der Waals surface area contributed by atoms with Crippen molar-refractivity contribution >= 4 is 38.9 Å². The lowest BCUT2D eigenvalue weighted by Gasteiger charge is -2.24. The Labute approximate surface area is 158 Å². The number of nitrogens with one attached hydrogen (secondary N) is 1. The van der Waals surface area contributed by atoms with E-state index in [0.717, 1.165) is 39.0 Å². The average Bonchev–Trinajstić information content (AvgIpc) is 2.81. The van der Waals surface area contributed by atoms with Crippen LogP contribution in [0.5, 0.6) is 11.5 Å². The van der Waals surface area contributed by atoms with Crippen molar-refractivity contribution in [3.63, 3.8) is 0 Å². The van der Waals surface area contributed by atoms with Crippen molar-refractivity contribution in [2.75, 3.05) is 18.5 Å². The van der Waals surface area contributed by atoms with Gasteiger partial charge in [-0.1, -0.05) is 28.1 Å². The van der Waals surface area contributed by atoms with Crippen LogP contribution in [0, 0.1) is 0 Å². The molecule has 5 rings (SSSR count). The molecule has 0 unspecified atom stereocenters. The molecule has 1 aromatic heterocycles. The van der Waals surface area contributed by atoms with Crippen LogP contribution in [0.2, 0.25) is 0 Å². The highest BCUT2D eigenvalue weighted by Crippen LogP contribution is 2.39. The number of nitrogens with two attached hydrogens (primary N) is 1. The first-order valence-electron chi connectivity index (χ1n) is 8.36. The van der Waals surface area contributed by atoms with Crippen molar-refractivity contribution in [3.8, 4) is 11.5 Å². The summed E-state index contributed by atoms with van der Waals surface area (Å²) in [7, 11) is 0. The molecule has 0 saturated heterocycles. The zero-order valence-electron chi connectivity index (χ0n) is 13.8. The molecule has 0 aliphatic carbocycles. The Balaban J connectivity index is 1.70. The Morgan fingerprint density at radius 2 is 1.85 bits per heavy atom. The first-order valence-corrected chi connectivity index (χ1v) is 9.16. The number of hydrogen-bond acceptors (Lipinski definition) is 6. The van der Waals surface area contributed by atoms with Crippen LogP contribution in [0.4, 0.5) is 5.95 Å². The number of benzene rings is 2. The molecule has 8 heteroatoms. The molecule has 2 aliphatic rings. The lowest BCUT2D eigenvalue weighted by Crippen LogP contribution is -2.31. The number of aliphatic imine (C=N–C) groups is 1. The van der Waals surface area contributed by atoms with Gasteiger partial charge in [-0.25, -0.2) is 9.98 Å². The Hall–Kier alpha value is -2.74. The molecule has 0 saturated carbocycles. The predicted octanol–water partition coefficient (Wildman–Crippen LogP) is 3.25. The maximum Gasteiger partial charge on any atom is 0.212 e. The third-order valence-corrected chi connectivity index (χ3v) is 5.00. The number of fused-ring (bicyclic) bond motifs is 4. The minimum absolute atomic E-state index is 0.297. The highest BCUT2D eigenvalue weighted by atomic mass is 79.9. The molecule has 0 radical (unpaired) electrons. The van der Waals surface area contributed by atoms with Crippen LogP contribution in [0.15, 0.2) is 45.9 Å². The highest BCUT2D eigenvalue weighted by molar-refractivity contribution is 9.10. The SMILES string of the molecule is NC1=N[C@@H](c2ccc(Br)cc2)n2c(nc3cc4c(cc32)OCCCO4)N1. The van der Waals surface area contributed by atoms with E-state index in [4.69, 9.17) is 15.2 Å². The van der Waals surface area contributed by atoms with E-state index in [-0.39, 0.29) is 6.17 Å². The lowest BCUT2D eigenvalue weighted by atomic mass is 10.1. The summed E-state index contributed by atoms with van der Waals surface area (Å²) in [4.78, 5) is 9.28. The number of aromatic nitrogens is 2. The van der Waals surface area contributed by atoms with Crippen LogP contribution in [0.3, 0.4) is 0 Å². The zero-order valence-corrected chi connectivity index (χ0v) is 15.4. The average molecular weight is 414 g/mol. The molecule has 7 nitrogen and oxygen atoms in total. The Morgan fingerprint density at radius 3 is 2.62 bits per heavy atom. The molecule has 1 atom stereocenters. The van der Waals surface area contributed by atoms with Crippen LogP contribution < -0.4 is 20.5 Å². The van der Waals surface area contributed by atoms with Crippen molar-refractivity contribution in [3.05, 3.63) is 46.4 Å². The van der Waals surface area contributed by atoms with Gasteiger partial charge in [-0.2, -0.15) is 0 Å². The van der Waals surface area contributed by atoms with Crippen molar-refractivity contribution in [2.45, 2.75) is 12.6 Å². The summed E-state index contributed by atoms with van der Waals surface area (Å²) in [6, 6.07) is 11.9. The molecule has 26 heavy (non-hydrogen) atoms. The normalized spacial score (nSPS) is 18.7. The minimum Gasteiger partial charge on any atom is -0.489 e. The van der Waals surface area contributed by atoms with Gasteiger partial charge in [0.05, 0.1) is 24.2 Å². The Kier molecular flexibility index (Phi) is 3.53. The second-order valence-electron chi connectivity index (χ2n) is 6.21. The van der Waals surface area contributed by atoms with Crippen LogP contribution in [-0.4, -0.2) is 28.7 Å². The van der Waals surface area contributed by atoms with Gasteiger partial charge in [0.2, 0.25) is 5.95 Å². The van der Waals surface area contributed by atoms with E-state index in [2.05, 4.69) is 31.2 Å².